The van der Waals surface area contributed by atoms with Crippen LogP contribution in [0.4, 0.5) is 0 Å². The highest BCUT2D eigenvalue weighted by Gasteiger charge is 2.25. The number of allylic oxidation sites excluding steroid dienone is 1. The molecule has 0 radical (unpaired) electrons. The number of thiazole rings is 1. The molecular formula is C11H15NO4S. The standard InChI is InChI=1S/C11H15NO4S/c1-3-16-11(2,15)8-7-12-9(17-8)5-4-6-10(13)14/h4,6-7,15H,3,5H2,1-2H3,(H,13,14)/b6-4+. The predicted octanol–water partition coefficient (Wildman–Crippen LogP) is 1.53. The zero-order chi connectivity index (χ0) is 12.9. The van der Waals surface area contributed by atoms with Crippen LogP contribution >= 0.6 is 11.3 Å². The molecule has 0 aliphatic carbocycles. The second kappa shape index (κ2) is 5.90. The molecule has 1 unspecified atom stereocenters. The zero-order valence-electron chi connectivity index (χ0n) is 9.71. The SMILES string of the molecule is CCOC(C)(O)c1cnc(C/C=C/C(=O)O)s1. The van der Waals surface area contributed by atoms with Gasteiger partial charge in [0.1, 0.15) is 0 Å². The Morgan fingerprint density at radius 3 is 3.00 bits per heavy atom. The highest BCUT2D eigenvalue weighted by atomic mass is 32.1. The van der Waals surface area contributed by atoms with Crippen LogP contribution in [0.1, 0.15) is 23.7 Å². The molecule has 2 N–H and O–H groups in total. The highest BCUT2D eigenvalue weighted by molar-refractivity contribution is 7.11. The van der Waals surface area contributed by atoms with E-state index in [4.69, 9.17) is 9.84 Å². The summed E-state index contributed by atoms with van der Waals surface area (Å²) in [6, 6.07) is 0. The van der Waals surface area contributed by atoms with E-state index in [0.717, 1.165) is 11.1 Å². The molecule has 5 nitrogen and oxygen atoms in total. The van der Waals surface area contributed by atoms with E-state index < -0.39 is 11.8 Å². The van der Waals surface area contributed by atoms with Crippen LogP contribution in [0.15, 0.2) is 18.3 Å². The monoisotopic (exact) mass is 257 g/mol. The largest absolute Gasteiger partial charge is 0.478 e. The topological polar surface area (TPSA) is 79.7 Å². The van der Waals surface area contributed by atoms with Gasteiger partial charge >= 0.3 is 5.97 Å². The number of rotatable bonds is 6. The molecule has 0 amide bonds. The summed E-state index contributed by atoms with van der Waals surface area (Å²) in [4.78, 5) is 15.0. The molecule has 0 spiro atoms. The molecule has 1 atom stereocenters. The maximum absolute atomic E-state index is 10.3. The van der Waals surface area contributed by atoms with Gasteiger partial charge in [-0.15, -0.1) is 11.3 Å². The first kappa shape index (κ1) is 13.8. The van der Waals surface area contributed by atoms with Gasteiger partial charge in [-0.2, -0.15) is 0 Å². The normalized spacial score (nSPS) is 15.0. The Hall–Kier alpha value is -1.24. The molecule has 1 rings (SSSR count). The van der Waals surface area contributed by atoms with Crippen LogP contribution in [0, 0.1) is 0 Å². The molecule has 0 bridgehead atoms. The molecule has 1 heterocycles. The fourth-order valence-electron chi connectivity index (χ4n) is 1.23. The minimum Gasteiger partial charge on any atom is -0.478 e. The van der Waals surface area contributed by atoms with Crippen LogP contribution in [0.3, 0.4) is 0 Å². The van der Waals surface area contributed by atoms with Gasteiger partial charge in [0.15, 0.2) is 5.79 Å². The lowest BCUT2D eigenvalue weighted by molar-refractivity contribution is -0.193. The predicted molar refractivity (Wildman–Crippen MR) is 63.8 cm³/mol. The average molecular weight is 257 g/mol. The molecule has 94 valence electrons. The minimum atomic E-state index is -1.33. The third kappa shape index (κ3) is 4.26. The van der Waals surface area contributed by atoms with E-state index >= 15 is 0 Å². The zero-order valence-corrected chi connectivity index (χ0v) is 10.5. The van der Waals surface area contributed by atoms with Crippen LogP contribution in [0.5, 0.6) is 0 Å². The molecule has 1 aromatic rings. The van der Waals surface area contributed by atoms with Crippen molar-refractivity contribution >= 4 is 17.3 Å². The summed E-state index contributed by atoms with van der Waals surface area (Å²) in [5.74, 6) is -2.32. The van der Waals surface area contributed by atoms with Crippen molar-refractivity contribution in [3.63, 3.8) is 0 Å². The molecule has 1 aromatic heterocycles. The van der Waals surface area contributed by atoms with E-state index in [-0.39, 0.29) is 0 Å². The van der Waals surface area contributed by atoms with Crippen molar-refractivity contribution in [3.05, 3.63) is 28.2 Å². The number of carbonyl (C=O) groups is 1. The van der Waals surface area contributed by atoms with E-state index in [1.54, 1.807) is 20.0 Å². The number of aliphatic hydroxyl groups is 1. The number of nitrogens with zero attached hydrogens (tertiary/aromatic N) is 1. The number of ether oxygens (including phenoxy) is 1. The van der Waals surface area contributed by atoms with Crippen molar-refractivity contribution in [1.82, 2.24) is 4.98 Å². The van der Waals surface area contributed by atoms with Gasteiger partial charge < -0.3 is 14.9 Å². The summed E-state index contributed by atoms with van der Waals surface area (Å²) < 4.78 is 5.19. The van der Waals surface area contributed by atoms with Gasteiger partial charge in [-0.1, -0.05) is 6.08 Å². The van der Waals surface area contributed by atoms with Gasteiger partial charge in [0.25, 0.3) is 0 Å². The van der Waals surface area contributed by atoms with Gasteiger partial charge in [-0.25, -0.2) is 9.78 Å². The number of aliphatic carboxylic acids is 1. The number of hydrogen-bond acceptors (Lipinski definition) is 5. The Kier molecular flexibility index (Phi) is 4.80. The van der Waals surface area contributed by atoms with E-state index in [1.807, 2.05) is 0 Å². The Labute approximate surface area is 103 Å². The molecule has 0 aromatic carbocycles. The summed E-state index contributed by atoms with van der Waals surface area (Å²) >= 11 is 1.30. The summed E-state index contributed by atoms with van der Waals surface area (Å²) in [7, 11) is 0. The lowest BCUT2D eigenvalue weighted by atomic mass is 10.3. The van der Waals surface area contributed by atoms with Crippen molar-refractivity contribution in [1.29, 1.82) is 0 Å². The van der Waals surface area contributed by atoms with Crippen molar-refractivity contribution in [3.8, 4) is 0 Å². The third-order valence-electron chi connectivity index (χ3n) is 1.99. The Balaban J connectivity index is 2.68. The fraction of sp³-hybridized carbons (Fsp3) is 0.455. The van der Waals surface area contributed by atoms with E-state index in [1.165, 1.54) is 17.4 Å². The number of aromatic nitrogens is 1. The number of carboxylic acid groups (broad SMARTS) is 1. The first-order valence-electron chi connectivity index (χ1n) is 5.16. The van der Waals surface area contributed by atoms with Crippen molar-refractivity contribution in [2.24, 2.45) is 0 Å². The first-order chi connectivity index (χ1) is 7.95. The van der Waals surface area contributed by atoms with Gasteiger partial charge in [-0.05, 0) is 13.8 Å². The van der Waals surface area contributed by atoms with E-state index in [9.17, 15) is 9.90 Å². The smallest absolute Gasteiger partial charge is 0.327 e. The maximum Gasteiger partial charge on any atom is 0.327 e. The minimum absolute atomic E-state index is 0.402. The fourth-order valence-corrected chi connectivity index (χ4v) is 2.12. The lowest BCUT2D eigenvalue weighted by Crippen LogP contribution is -2.23. The Morgan fingerprint density at radius 2 is 2.41 bits per heavy atom. The molecule has 6 heteroatoms. The molecule has 0 aliphatic rings. The van der Waals surface area contributed by atoms with Crippen molar-refractivity contribution < 1.29 is 19.7 Å². The molecule has 0 fully saturated rings. The third-order valence-corrected chi connectivity index (χ3v) is 3.20. The van der Waals surface area contributed by atoms with Gasteiger partial charge in [0.05, 0.1) is 9.88 Å². The van der Waals surface area contributed by atoms with Crippen molar-refractivity contribution in [2.75, 3.05) is 6.61 Å². The van der Waals surface area contributed by atoms with E-state index in [0.29, 0.717) is 17.9 Å². The summed E-state index contributed by atoms with van der Waals surface area (Å²) in [5.41, 5.74) is 0. The second-order valence-corrected chi connectivity index (χ2v) is 4.59. The molecular weight excluding hydrogens is 242 g/mol. The van der Waals surface area contributed by atoms with Crippen LogP contribution in [-0.4, -0.2) is 27.8 Å². The van der Waals surface area contributed by atoms with Crippen LogP contribution in [-0.2, 0) is 21.7 Å². The quantitative estimate of drug-likeness (QED) is 0.596. The number of hydrogen-bond donors (Lipinski definition) is 2. The van der Waals surface area contributed by atoms with Crippen LogP contribution in [0.25, 0.3) is 0 Å². The maximum atomic E-state index is 10.3. The molecule has 0 aliphatic heterocycles. The van der Waals surface area contributed by atoms with Crippen LogP contribution < -0.4 is 0 Å². The molecule has 0 saturated carbocycles. The van der Waals surface area contributed by atoms with Crippen LogP contribution in [0.2, 0.25) is 0 Å². The van der Waals surface area contributed by atoms with Gasteiger partial charge in [0, 0.05) is 25.3 Å². The lowest BCUT2D eigenvalue weighted by Gasteiger charge is -2.20. The van der Waals surface area contributed by atoms with Crippen molar-refractivity contribution in [2.45, 2.75) is 26.1 Å². The Morgan fingerprint density at radius 1 is 1.71 bits per heavy atom. The average Bonchev–Trinajstić information content (AvgIpc) is 2.66. The second-order valence-electron chi connectivity index (χ2n) is 3.48. The summed E-state index contributed by atoms with van der Waals surface area (Å²) in [6.07, 6.45) is 4.56. The molecule has 0 saturated heterocycles. The van der Waals surface area contributed by atoms with Gasteiger partial charge in [0.2, 0.25) is 0 Å². The number of carboxylic acids is 1. The van der Waals surface area contributed by atoms with Gasteiger partial charge in [-0.3, -0.25) is 0 Å². The summed E-state index contributed by atoms with van der Waals surface area (Å²) in [5, 5.41) is 19.1. The summed E-state index contributed by atoms with van der Waals surface area (Å²) in [6.45, 7) is 3.76. The Bertz CT molecular complexity index is 411. The molecule has 17 heavy (non-hydrogen) atoms. The highest BCUT2D eigenvalue weighted by Crippen LogP contribution is 2.27. The first-order valence-corrected chi connectivity index (χ1v) is 5.98. The van der Waals surface area contributed by atoms with E-state index in [2.05, 4.69) is 4.98 Å².